The summed E-state index contributed by atoms with van der Waals surface area (Å²) < 4.78 is 11.4. The highest BCUT2D eigenvalue weighted by atomic mass is 35.5. The smallest absolute Gasteiger partial charge is 0.355 e. The highest BCUT2D eigenvalue weighted by Gasteiger charge is 2.19. The molecule has 3 nitrogen and oxygen atoms in total. The van der Waals surface area contributed by atoms with Gasteiger partial charge in [0, 0.05) is 10.1 Å². The second-order valence-electron chi connectivity index (χ2n) is 4.31. The van der Waals surface area contributed by atoms with Crippen molar-refractivity contribution in [3.8, 4) is 11.5 Å². The maximum atomic E-state index is 12.2. The summed E-state index contributed by atoms with van der Waals surface area (Å²) in [6, 6.07) is 14.4. The normalized spacial score (nSPS) is 10.6. The second-order valence-corrected chi connectivity index (χ2v) is 5.74. The van der Waals surface area contributed by atoms with Gasteiger partial charge in [-0.05, 0) is 30.3 Å². The minimum atomic E-state index is -0.452. The fourth-order valence-electron chi connectivity index (χ4n) is 1.95. The molecule has 0 saturated heterocycles. The van der Waals surface area contributed by atoms with Crippen molar-refractivity contribution in [2.24, 2.45) is 0 Å². The largest absolute Gasteiger partial charge is 0.497 e. The Hall–Kier alpha value is -2.04. The van der Waals surface area contributed by atoms with E-state index in [0.29, 0.717) is 21.4 Å². The van der Waals surface area contributed by atoms with Gasteiger partial charge in [-0.3, -0.25) is 0 Å². The quantitative estimate of drug-likeness (QED) is 0.515. The maximum Gasteiger partial charge on any atom is 0.355 e. The number of hydrogen-bond acceptors (Lipinski definition) is 4. The van der Waals surface area contributed by atoms with Gasteiger partial charge in [-0.25, -0.2) is 4.79 Å². The van der Waals surface area contributed by atoms with Gasteiger partial charge in [0.05, 0.1) is 12.1 Å². The molecule has 0 radical (unpaired) electrons. The van der Waals surface area contributed by atoms with Crippen LogP contribution in [0.1, 0.15) is 9.67 Å². The molecule has 3 rings (SSSR count). The van der Waals surface area contributed by atoms with Gasteiger partial charge in [0.2, 0.25) is 0 Å². The zero-order valence-electron chi connectivity index (χ0n) is 11.1. The van der Waals surface area contributed by atoms with Gasteiger partial charge in [0.1, 0.15) is 16.4 Å². The van der Waals surface area contributed by atoms with Crippen molar-refractivity contribution >= 4 is 39.0 Å². The molecule has 3 aromatic rings. The van der Waals surface area contributed by atoms with E-state index in [1.807, 2.05) is 24.3 Å². The number of esters is 1. The molecule has 0 spiro atoms. The third kappa shape index (κ3) is 2.73. The molecule has 2 aromatic carbocycles. The minimum absolute atomic E-state index is 0.392. The summed E-state index contributed by atoms with van der Waals surface area (Å²) in [6.07, 6.45) is 0. The van der Waals surface area contributed by atoms with E-state index >= 15 is 0 Å². The van der Waals surface area contributed by atoms with Crippen molar-refractivity contribution < 1.29 is 14.3 Å². The number of hydrogen-bond donors (Lipinski definition) is 0. The van der Waals surface area contributed by atoms with Crippen LogP contribution in [0.15, 0.2) is 48.5 Å². The number of methoxy groups -OCH3 is 1. The summed E-state index contributed by atoms with van der Waals surface area (Å²) in [7, 11) is 1.59. The Morgan fingerprint density at radius 3 is 2.57 bits per heavy atom. The van der Waals surface area contributed by atoms with Gasteiger partial charge >= 0.3 is 5.97 Å². The number of ether oxygens (including phenoxy) is 2. The molecule has 0 aliphatic carbocycles. The monoisotopic (exact) mass is 318 g/mol. The Kier molecular flexibility index (Phi) is 3.82. The summed E-state index contributed by atoms with van der Waals surface area (Å²) in [5, 5.41) is 1.19. The summed E-state index contributed by atoms with van der Waals surface area (Å²) in [5.74, 6) is 0.741. The van der Waals surface area contributed by atoms with Crippen LogP contribution >= 0.6 is 22.9 Å². The van der Waals surface area contributed by atoms with Crippen LogP contribution in [0.4, 0.5) is 0 Å². The zero-order valence-corrected chi connectivity index (χ0v) is 12.7. The summed E-state index contributed by atoms with van der Waals surface area (Å²) >= 11 is 7.61. The van der Waals surface area contributed by atoms with Gasteiger partial charge in [-0.1, -0.05) is 29.8 Å². The molecule has 0 aliphatic rings. The van der Waals surface area contributed by atoms with Gasteiger partial charge in [-0.15, -0.1) is 11.3 Å². The molecule has 0 unspecified atom stereocenters. The van der Waals surface area contributed by atoms with Gasteiger partial charge in [-0.2, -0.15) is 0 Å². The standard InChI is InChI=1S/C16H11ClO3S/c1-19-11-7-8-13-12(9-11)14(17)15(21-13)16(18)20-10-5-3-2-4-6-10/h2-9H,1H3. The van der Waals surface area contributed by atoms with Crippen LogP contribution in [0.2, 0.25) is 5.02 Å². The first-order chi connectivity index (χ1) is 10.2. The predicted octanol–water partition coefficient (Wildman–Crippen LogP) is 4.78. The van der Waals surface area contributed by atoms with Gasteiger partial charge < -0.3 is 9.47 Å². The van der Waals surface area contributed by atoms with Crippen LogP contribution in [0, 0.1) is 0 Å². The molecule has 5 heteroatoms. The van der Waals surface area contributed by atoms with E-state index in [-0.39, 0.29) is 0 Å². The lowest BCUT2D eigenvalue weighted by Gasteiger charge is -2.02. The number of rotatable bonds is 3. The molecule has 0 amide bonds. The molecular weight excluding hydrogens is 308 g/mol. The van der Waals surface area contributed by atoms with Crippen LogP contribution < -0.4 is 9.47 Å². The predicted molar refractivity (Wildman–Crippen MR) is 84.8 cm³/mol. The topological polar surface area (TPSA) is 35.5 Å². The summed E-state index contributed by atoms with van der Waals surface area (Å²) in [5.41, 5.74) is 0. The molecule has 0 bridgehead atoms. The maximum absolute atomic E-state index is 12.2. The lowest BCUT2D eigenvalue weighted by Crippen LogP contribution is -2.06. The van der Waals surface area contributed by atoms with Crippen molar-refractivity contribution in [2.75, 3.05) is 7.11 Å². The van der Waals surface area contributed by atoms with E-state index in [0.717, 1.165) is 10.1 Å². The van der Waals surface area contributed by atoms with Crippen LogP contribution in [-0.4, -0.2) is 13.1 Å². The third-order valence-electron chi connectivity index (χ3n) is 2.97. The molecule has 21 heavy (non-hydrogen) atoms. The number of halogens is 1. The van der Waals surface area contributed by atoms with Crippen molar-refractivity contribution in [3.63, 3.8) is 0 Å². The number of carbonyl (C=O) groups excluding carboxylic acids is 1. The summed E-state index contributed by atoms with van der Waals surface area (Å²) in [4.78, 5) is 12.6. The average Bonchev–Trinajstić information content (AvgIpc) is 2.85. The number of benzene rings is 2. The van der Waals surface area contributed by atoms with Crippen molar-refractivity contribution in [2.45, 2.75) is 0 Å². The van der Waals surface area contributed by atoms with E-state index in [2.05, 4.69) is 0 Å². The van der Waals surface area contributed by atoms with Crippen LogP contribution in [0.5, 0.6) is 11.5 Å². The van der Waals surface area contributed by atoms with Crippen LogP contribution in [-0.2, 0) is 0 Å². The third-order valence-corrected chi connectivity index (χ3v) is 4.63. The first-order valence-electron chi connectivity index (χ1n) is 6.22. The van der Waals surface area contributed by atoms with Gasteiger partial charge in [0.25, 0.3) is 0 Å². The molecule has 106 valence electrons. The van der Waals surface area contributed by atoms with E-state index in [4.69, 9.17) is 21.1 Å². The van der Waals surface area contributed by atoms with Crippen LogP contribution in [0.3, 0.4) is 0 Å². The molecule has 0 aliphatic heterocycles. The fourth-order valence-corrected chi connectivity index (χ4v) is 3.30. The molecule has 0 atom stereocenters. The first kappa shape index (κ1) is 13.9. The van der Waals surface area contributed by atoms with Crippen molar-refractivity contribution in [1.29, 1.82) is 0 Å². The lowest BCUT2D eigenvalue weighted by molar-refractivity contribution is 0.0740. The van der Waals surface area contributed by atoms with Gasteiger partial charge in [0.15, 0.2) is 0 Å². The molecular formula is C16H11ClO3S. The summed E-state index contributed by atoms with van der Waals surface area (Å²) in [6.45, 7) is 0. The van der Waals surface area contributed by atoms with E-state index in [1.54, 1.807) is 31.4 Å². The highest BCUT2D eigenvalue weighted by Crippen LogP contribution is 2.37. The Bertz CT molecular complexity index is 796. The number of fused-ring (bicyclic) bond motifs is 1. The van der Waals surface area contributed by atoms with E-state index in [9.17, 15) is 4.79 Å². The van der Waals surface area contributed by atoms with Crippen molar-refractivity contribution in [1.82, 2.24) is 0 Å². The number of carbonyl (C=O) groups is 1. The Balaban J connectivity index is 1.96. The average molecular weight is 319 g/mol. The fraction of sp³-hybridized carbons (Fsp3) is 0.0625. The lowest BCUT2D eigenvalue weighted by atomic mass is 10.2. The van der Waals surface area contributed by atoms with E-state index < -0.39 is 5.97 Å². The minimum Gasteiger partial charge on any atom is -0.497 e. The molecule has 1 aromatic heterocycles. The Morgan fingerprint density at radius 1 is 1.10 bits per heavy atom. The Morgan fingerprint density at radius 2 is 1.86 bits per heavy atom. The number of para-hydroxylation sites is 1. The molecule has 0 N–H and O–H groups in total. The molecule has 1 heterocycles. The molecule has 0 saturated carbocycles. The number of thiophene rings is 1. The van der Waals surface area contributed by atoms with Crippen LogP contribution in [0.25, 0.3) is 10.1 Å². The SMILES string of the molecule is COc1ccc2sc(C(=O)Oc3ccccc3)c(Cl)c2c1. The first-order valence-corrected chi connectivity index (χ1v) is 7.42. The zero-order chi connectivity index (χ0) is 14.8. The van der Waals surface area contributed by atoms with Crippen molar-refractivity contribution in [3.05, 3.63) is 58.4 Å². The molecule has 0 fully saturated rings. The van der Waals surface area contributed by atoms with E-state index in [1.165, 1.54) is 11.3 Å². The second kappa shape index (κ2) is 5.76. The Labute approximate surface area is 130 Å². The highest BCUT2D eigenvalue weighted by molar-refractivity contribution is 7.21.